The van der Waals surface area contributed by atoms with Gasteiger partial charge in [0.15, 0.2) is 5.96 Å². The molecular weight excluding hydrogens is 234 g/mol. The predicted molar refractivity (Wildman–Crippen MR) is 82.2 cm³/mol. The number of hydrogen-bond acceptors (Lipinski definition) is 1. The molecule has 3 nitrogen and oxygen atoms in total. The molecular formula is C16H31N3. The minimum atomic E-state index is 0.449. The quantitative estimate of drug-likeness (QED) is 0.606. The Morgan fingerprint density at radius 3 is 2.32 bits per heavy atom. The zero-order chi connectivity index (χ0) is 13.7. The summed E-state index contributed by atoms with van der Waals surface area (Å²) in [6.45, 7) is 4.65. The van der Waals surface area contributed by atoms with Crippen LogP contribution in [0.5, 0.6) is 0 Å². The van der Waals surface area contributed by atoms with Gasteiger partial charge in [-0.15, -0.1) is 0 Å². The van der Waals surface area contributed by atoms with E-state index in [1.165, 1.54) is 57.8 Å². The van der Waals surface area contributed by atoms with Crippen molar-refractivity contribution >= 4 is 5.96 Å². The number of guanidine groups is 1. The standard InChI is InChI=1S/C16H31N3/c1-12(2)14-10-6-7-11-15(14)19-16(17)18-13-8-4-3-5-9-13/h12-15H,3-11H2,1-2H3,(H3,17,18,19). The zero-order valence-corrected chi connectivity index (χ0v) is 12.7. The van der Waals surface area contributed by atoms with Crippen LogP contribution in [0.2, 0.25) is 0 Å². The normalized spacial score (nSPS) is 30.6. The smallest absolute Gasteiger partial charge is 0.189 e. The summed E-state index contributed by atoms with van der Waals surface area (Å²) in [6.07, 6.45) is 11.8. The number of aliphatic imine (C=N–C) groups is 1. The molecule has 0 aromatic heterocycles. The minimum absolute atomic E-state index is 0.449. The van der Waals surface area contributed by atoms with Crippen molar-refractivity contribution < 1.29 is 0 Å². The lowest BCUT2D eigenvalue weighted by Gasteiger charge is -2.32. The molecule has 0 aliphatic heterocycles. The van der Waals surface area contributed by atoms with E-state index < -0.39 is 0 Å². The van der Waals surface area contributed by atoms with Crippen molar-refractivity contribution in [3.05, 3.63) is 0 Å². The van der Waals surface area contributed by atoms with Gasteiger partial charge in [-0.3, -0.25) is 0 Å². The Kier molecular flexibility index (Phi) is 5.53. The van der Waals surface area contributed by atoms with E-state index in [1.807, 2.05) is 0 Å². The lowest BCUT2D eigenvalue weighted by atomic mass is 9.78. The summed E-state index contributed by atoms with van der Waals surface area (Å²) in [5, 5.41) is 3.45. The molecule has 0 amide bonds. The van der Waals surface area contributed by atoms with Crippen LogP contribution < -0.4 is 11.1 Å². The summed E-state index contributed by atoms with van der Waals surface area (Å²) in [6, 6.07) is 1.02. The van der Waals surface area contributed by atoms with Gasteiger partial charge in [0.2, 0.25) is 0 Å². The Morgan fingerprint density at radius 1 is 1.00 bits per heavy atom. The Morgan fingerprint density at radius 2 is 1.63 bits per heavy atom. The van der Waals surface area contributed by atoms with Gasteiger partial charge in [0.05, 0.1) is 6.04 Å². The summed E-state index contributed by atoms with van der Waals surface area (Å²) in [4.78, 5) is 4.82. The van der Waals surface area contributed by atoms with Crippen LogP contribution in [0.15, 0.2) is 4.99 Å². The summed E-state index contributed by atoms with van der Waals surface area (Å²) >= 11 is 0. The maximum absolute atomic E-state index is 6.14. The van der Waals surface area contributed by atoms with Gasteiger partial charge in [-0.25, -0.2) is 4.99 Å². The second-order valence-electron chi connectivity index (χ2n) is 6.75. The average Bonchev–Trinajstić information content (AvgIpc) is 2.40. The molecule has 110 valence electrons. The molecule has 2 saturated carbocycles. The molecule has 19 heavy (non-hydrogen) atoms. The van der Waals surface area contributed by atoms with E-state index >= 15 is 0 Å². The van der Waals surface area contributed by atoms with Crippen molar-refractivity contribution in [3.63, 3.8) is 0 Å². The summed E-state index contributed by atoms with van der Waals surface area (Å²) in [5.74, 6) is 2.14. The Hall–Kier alpha value is -0.730. The SMILES string of the molecule is CC(C)C1CCCCC1N=C(N)NC1CCCCC1. The molecule has 3 heteroatoms. The second-order valence-corrected chi connectivity index (χ2v) is 6.75. The predicted octanol–water partition coefficient (Wildman–Crippen LogP) is 3.44. The average molecular weight is 265 g/mol. The number of rotatable bonds is 3. The van der Waals surface area contributed by atoms with E-state index in [-0.39, 0.29) is 0 Å². The van der Waals surface area contributed by atoms with Crippen LogP contribution in [0.25, 0.3) is 0 Å². The molecule has 0 heterocycles. The van der Waals surface area contributed by atoms with Crippen molar-refractivity contribution in [2.45, 2.75) is 83.7 Å². The summed E-state index contributed by atoms with van der Waals surface area (Å²) in [5.41, 5.74) is 6.14. The number of nitrogens with two attached hydrogens (primary N) is 1. The van der Waals surface area contributed by atoms with Gasteiger partial charge in [0.1, 0.15) is 0 Å². The lowest BCUT2D eigenvalue weighted by molar-refractivity contribution is 0.241. The van der Waals surface area contributed by atoms with Crippen LogP contribution in [0.4, 0.5) is 0 Å². The van der Waals surface area contributed by atoms with Gasteiger partial charge in [-0.2, -0.15) is 0 Å². The highest BCUT2D eigenvalue weighted by atomic mass is 15.1. The van der Waals surface area contributed by atoms with E-state index in [2.05, 4.69) is 19.2 Å². The molecule has 0 aromatic rings. The van der Waals surface area contributed by atoms with E-state index in [0.29, 0.717) is 18.0 Å². The van der Waals surface area contributed by atoms with Crippen LogP contribution in [-0.2, 0) is 0 Å². The van der Waals surface area contributed by atoms with E-state index in [1.54, 1.807) is 0 Å². The summed E-state index contributed by atoms with van der Waals surface area (Å²) < 4.78 is 0. The fourth-order valence-electron chi connectivity index (χ4n) is 3.75. The van der Waals surface area contributed by atoms with Crippen molar-refractivity contribution in [2.24, 2.45) is 22.6 Å². The Bertz CT molecular complexity index is 292. The molecule has 2 atom stereocenters. The van der Waals surface area contributed by atoms with Gasteiger partial charge in [0, 0.05) is 6.04 Å². The maximum Gasteiger partial charge on any atom is 0.189 e. The molecule has 0 saturated heterocycles. The van der Waals surface area contributed by atoms with Crippen molar-refractivity contribution in [1.29, 1.82) is 0 Å². The zero-order valence-electron chi connectivity index (χ0n) is 12.7. The van der Waals surface area contributed by atoms with Gasteiger partial charge >= 0.3 is 0 Å². The lowest BCUT2D eigenvalue weighted by Crippen LogP contribution is -2.42. The van der Waals surface area contributed by atoms with Crippen LogP contribution in [-0.4, -0.2) is 18.0 Å². The van der Waals surface area contributed by atoms with E-state index in [9.17, 15) is 0 Å². The number of nitrogens with one attached hydrogen (secondary N) is 1. The third-order valence-electron chi connectivity index (χ3n) is 4.90. The minimum Gasteiger partial charge on any atom is -0.370 e. The van der Waals surface area contributed by atoms with Gasteiger partial charge in [0.25, 0.3) is 0 Å². The monoisotopic (exact) mass is 265 g/mol. The highest BCUT2D eigenvalue weighted by Gasteiger charge is 2.27. The number of hydrogen-bond donors (Lipinski definition) is 2. The molecule has 2 unspecified atom stereocenters. The second kappa shape index (κ2) is 7.16. The van der Waals surface area contributed by atoms with E-state index in [4.69, 9.17) is 10.7 Å². The van der Waals surface area contributed by atoms with Gasteiger partial charge in [-0.05, 0) is 37.5 Å². The van der Waals surface area contributed by atoms with Gasteiger partial charge < -0.3 is 11.1 Å². The van der Waals surface area contributed by atoms with Crippen molar-refractivity contribution in [2.75, 3.05) is 0 Å². The highest BCUT2D eigenvalue weighted by Crippen LogP contribution is 2.32. The van der Waals surface area contributed by atoms with Crippen molar-refractivity contribution in [1.82, 2.24) is 5.32 Å². The van der Waals surface area contributed by atoms with Gasteiger partial charge in [-0.1, -0.05) is 46.0 Å². The largest absolute Gasteiger partial charge is 0.370 e. The third-order valence-corrected chi connectivity index (χ3v) is 4.90. The molecule has 0 bridgehead atoms. The first-order chi connectivity index (χ1) is 9.16. The Labute approximate surface area is 118 Å². The fraction of sp³-hybridized carbons (Fsp3) is 0.938. The molecule has 2 aliphatic carbocycles. The fourth-order valence-corrected chi connectivity index (χ4v) is 3.75. The van der Waals surface area contributed by atoms with Crippen LogP contribution in [0.3, 0.4) is 0 Å². The third kappa shape index (κ3) is 4.39. The van der Waals surface area contributed by atoms with Crippen LogP contribution in [0, 0.1) is 11.8 Å². The Balaban J connectivity index is 1.89. The molecule has 2 fully saturated rings. The molecule has 0 spiro atoms. The van der Waals surface area contributed by atoms with Crippen molar-refractivity contribution in [3.8, 4) is 0 Å². The highest BCUT2D eigenvalue weighted by molar-refractivity contribution is 5.78. The molecule has 0 radical (unpaired) electrons. The first kappa shape index (κ1) is 14.7. The number of nitrogens with zero attached hydrogens (tertiary/aromatic N) is 1. The van der Waals surface area contributed by atoms with Crippen LogP contribution >= 0.6 is 0 Å². The first-order valence-corrected chi connectivity index (χ1v) is 8.26. The topological polar surface area (TPSA) is 50.4 Å². The maximum atomic E-state index is 6.14. The molecule has 0 aromatic carbocycles. The molecule has 2 rings (SSSR count). The van der Waals surface area contributed by atoms with E-state index in [0.717, 1.165) is 11.8 Å². The summed E-state index contributed by atoms with van der Waals surface area (Å²) in [7, 11) is 0. The molecule has 3 N–H and O–H groups in total. The van der Waals surface area contributed by atoms with Crippen LogP contribution in [0.1, 0.15) is 71.6 Å². The first-order valence-electron chi connectivity index (χ1n) is 8.26. The molecule has 2 aliphatic rings.